The number of carbonyl (C=O) groups is 2. The summed E-state index contributed by atoms with van der Waals surface area (Å²) in [5.41, 5.74) is 4.25. The van der Waals surface area contributed by atoms with Crippen molar-refractivity contribution in [3.8, 4) is 0 Å². The predicted octanol–water partition coefficient (Wildman–Crippen LogP) is -0.480. The molecule has 0 aromatic rings. The molecule has 0 fully saturated rings. The molecule has 5 N–H and O–H groups in total. The van der Waals surface area contributed by atoms with E-state index in [0.29, 0.717) is 6.08 Å². The molecule has 0 aliphatic heterocycles. The van der Waals surface area contributed by atoms with Gasteiger partial charge in [-0.3, -0.25) is 9.35 Å². The lowest BCUT2D eigenvalue weighted by Crippen LogP contribution is -2.45. The van der Waals surface area contributed by atoms with Gasteiger partial charge in [0.05, 0.1) is 5.54 Å². The Balaban J connectivity index is 2.99. The van der Waals surface area contributed by atoms with Crippen LogP contribution in [0.1, 0.15) is 13.3 Å². The van der Waals surface area contributed by atoms with Gasteiger partial charge in [-0.2, -0.15) is 8.42 Å². The number of nitrogens with one attached hydrogen (secondary N) is 1. The number of hydrogen-bond donors (Lipinski definition) is 4. The van der Waals surface area contributed by atoms with Crippen LogP contribution < -0.4 is 11.1 Å². The lowest BCUT2D eigenvalue weighted by atomic mass is 9.92. The van der Waals surface area contributed by atoms with Crippen LogP contribution in [0, 0.1) is 0 Å². The van der Waals surface area contributed by atoms with E-state index in [1.54, 1.807) is 0 Å². The van der Waals surface area contributed by atoms with Gasteiger partial charge in [-0.15, -0.1) is 0 Å². The van der Waals surface area contributed by atoms with E-state index in [2.05, 4.69) is 5.32 Å². The lowest BCUT2D eigenvalue weighted by molar-refractivity contribution is -0.131. The molecule has 20 heavy (non-hydrogen) atoms. The number of amides is 1. The molecule has 0 aromatic carbocycles. The highest BCUT2D eigenvalue weighted by atomic mass is 32.2. The number of carboxylic acids is 1. The van der Waals surface area contributed by atoms with Crippen molar-refractivity contribution in [3.05, 3.63) is 34.9 Å². The summed E-state index contributed by atoms with van der Waals surface area (Å²) in [5.74, 6) is -2.00. The maximum atomic E-state index is 11.5. The SMILES string of the molecule is CC1(NC(=O)/C=C\C(=O)O)C=C(S(=O)(=O)O)C(N)=CC1. The molecule has 8 nitrogen and oxygen atoms in total. The fourth-order valence-electron chi connectivity index (χ4n) is 1.63. The third-order valence-electron chi connectivity index (χ3n) is 2.54. The minimum absolute atomic E-state index is 0.111. The van der Waals surface area contributed by atoms with Crippen LogP contribution in [0.25, 0.3) is 0 Å². The average Bonchev–Trinajstić information content (AvgIpc) is 2.29. The van der Waals surface area contributed by atoms with Crippen LogP contribution in [0.4, 0.5) is 0 Å². The summed E-state index contributed by atoms with van der Waals surface area (Å²) in [4.78, 5) is 21.3. The normalized spacial score (nSPS) is 23.1. The number of carboxylic acid groups (broad SMARTS) is 1. The molecule has 0 heterocycles. The molecule has 110 valence electrons. The molecule has 1 amide bonds. The van der Waals surface area contributed by atoms with Gasteiger partial charge in [0.25, 0.3) is 10.1 Å². The van der Waals surface area contributed by atoms with Crippen molar-refractivity contribution in [1.82, 2.24) is 5.32 Å². The minimum atomic E-state index is -4.50. The first kappa shape index (κ1) is 15.9. The monoisotopic (exact) mass is 302 g/mol. The molecule has 1 atom stereocenters. The summed E-state index contributed by atoms with van der Waals surface area (Å²) in [6, 6.07) is 0. The summed E-state index contributed by atoms with van der Waals surface area (Å²) in [6.45, 7) is 1.51. The van der Waals surface area contributed by atoms with Gasteiger partial charge >= 0.3 is 5.97 Å². The van der Waals surface area contributed by atoms with Gasteiger partial charge in [0.1, 0.15) is 4.91 Å². The molecule has 0 spiro atoms. The zero-order chi connectivity index (χ0) is 15.6. The molecule has 0 aromatic heterocycles. The first-order chi connectivity index (χ1) is 9.03. The van der Waals surface area contributed by atoms with Crippen LogP contribution in [-0.4, -0.2) is 35.5 Å². The zero-order valence-electron chi connectivity index (χ0n) is 10.5. The third kappa shape index (κ3) is 4.21. The maximum absolute atomic E-state index is 11.5. The van der Waals surface area contributed by atoms with Gasteiger partial charge in [0, 0.05) is 17.8 Å². The Labute approximate surface area is 115 Å². The van der Waals surface area contributed by atoms with Gasteiger partial charge < -0.3 is 16.2 Å². The number of hydrogen-bond acceptors (Lipinski definition) is 5. The zero-order valence-corrected chi connectivity index (χ0v) is 11.3. The molecular weight excluding hydrogens is 288 g/mol. The molecule has 1 aliphatic rings. The van der Waals surface area contributed by atoms with Gasteiger partial charge in [0.15, 0.2) is 0 Å². The molecule has 0 bridgehead atoms. The first-order valence-electron chi connectivity index (χ1n) is 5.43. The van der Waals surface area contributed by atoms with Crippen LogP contribution >= 0.6 is 0 Å². The Hall–Kier alpha value is -2.13. The molecule has 0 saturated heterocycles. The first-order valence-corrected chi connectivity index (χ1v) is 6.87. The van der Waals surface area contributed by atoms with Crippen molar-refractivity contribution in [2.24, 2.45) is 5.73 Å². The average molecular weight is 302 g/mol. The van der Waals surface area contributed by atoms with Crippen molar-refractivity contribution < 1.29 is 27.7 Å². The summed E-state index contributed by atoms with van der Waals surface area (Å²) >= 11 is 0. The molecule has 1 rings (SSSR count). The van der Waals surface area contributed by atoms with Crippen molar-refractivity contribution in [2.45, 2.75) is 18.9 Å². The highest BCUT2D eigenvalue weighted by Crippen LogP contribution is 2.26. The third-order valence-corrected chi connectivity index (χ3v) is 3.45. The van der Waals surface area contributed by atoms with Crippen LogP contribution in [0.2, 0.25) is 0 Å². The molecule has 0 radical (unpaired) electrons. The number of carbonyl (C=O) groups excluding carboxylic acids is 1. The van der Waals surface area contributed by atoms with Gasteiger partial charge in [-0.05, 0) is 19.4 Å². The van der Waals surface area contributed by atoms with Crippen LogP contribution in [0.5, 0.6) is 0 Å². The fourth-order valence-corrected chi connectivity index (χ4v) is 2.42. The molecule has 9 heteroatoms. The topological polar surface area (TPSA) is 147 Å². The minimum Gasteiger partial charge on any atom is -0.478 e. The second-order valence-electron chi connectivity index (χ2n) is 4.43. The van der Waals surface area contributed by atoms with E-state index in [0.717, 1.165) is 12.2 Å². The van der Waals surface area contributed by atoms with Crippen LogP contribution in [0.15, 0.2) is 34.9 Å². The highest BCUT2D eigenvalue weighted by molar-refractivity contribution is 7.90. The van der Waals surface area contributed by atoms with E-state index in [9.17, 15) is 18.0 Å². The number of rotatable bonds is 4. The second kappa shape index (κ2) is 5.47. The Kier molecular flexibility index (Phi) is 4.36. The van der Waals surface area contributed by atoms with Crippen LogP contribution in [-0.2, 0) is 19.7 Å². The van der Waals surface area contributed by atoms with Crippen molar-refractivity contribution in [1.29, 1.82) is 0 Å². The smallest absolute Gasteiger partial charge is 0.328 e. The molecule has 0 saturated carbocycles. The summed E-state index contributed by atoms with van der Waals surface area (Å²) in [5, 5.41) is 10.8. The quantitative estimate of drug-likeness (QED) is 0.405. The number of aliphatic carboxylic acids is 1. The van der Waals surface area contributed by atoms with E-state index in [1.807, 2.05) is 0 Å². The Bertz CT molecular complexity index is 631. The van der Waals surface area contributed by atoms with E-state index >= 15 is 0 Å². The second-order valence-corrected chi connectivity index (χ2v) is 5.82. The van der Waals surface area contributed by atoms with E-state index in [4.69, 9.17) is 15.4 Å². The van der Waals surface area contributed by atoms with Gasteiger partial charge in [-0.1, -0.05) is 6.08 Å². The van der Waals surface area contributed by atoms with Crippen molar-refractivity contribution in [3.63, 3.8) is 0 Å². The molecule has 1 unspecified atom stereocenters. The highest BCUT2D eigenvalue weighted by Gasteiger charge is 2.31. The maximum Gasteiger partial charge on any atom is 0.328 e. The standard InChI is InChI=1S/C11H14N2O6S/c1-11(13-9(14)2-3-10(15)16)5-4-7(12)8(6-11)20(17,18)19/h2-4,6H,5,12H2,1H3,(H,13,14)(H,15,16)(H,17,18,19)/b3-2-. The summed E-state index contributed by atoms with van der Waals surface area (Å²) in [6.07, 6.45) is 4.12. The van der Waals surface area contributed by atoms with E-state index < -0.39 is 32.4 Å². The summed E-state index contributed by atoms with van der Waals surface area (Å²) in [7, 11) is -4.50. The molecular formula is C11H14N2O6S. The van der Waals surface area contributed by atoms with Gasteiger partial charge in [0.2, 0.25) is 5.91 Å². The van der Waals surface area contributed by atoms with E-state index in [1.165, 1.54) is 13.0 Å². The fraction of sp³-hybridized carbons (Fsp3) is 0.273. The predicted molar refractivity (Wildman–Crippen MR) is 69.8 cm³/mol. The van der Waals surface area contributed by atoms with Gasteiger partial charge in [-0.25, -0.2) is 4.79 Å². The van der Waals surface area contributed by atoms with Crippen LogP contribution in [0.3, 0.4) is 0 Å². The Morgan fingerprint density at radius 2 is 2.05 bits per heavy atom. The van der Waals surface area contributed by atoms with Crippen molar-refractivity contribution in [2.75, 3.05) is 0 Å². The van der Waals surface area contributed by atoms with Crippen molar-refractivity contribution >= 4 is 22.0 Å². The lowest BCUT2D eigenvalue weighted by Gasteiger charge is -2.29. The number of nitrogens with two attached hydrogens (primary N) is 1. The Morgan fingerprint density at radius 1 is 1.45 bits per heavy atom. The van der Waals surface area contributed by atoms with E-state index in [-0.39, 0.29) is 12.1 Å². The largest absolute Gasteiger partial charge is 0.478 e. The summed E-state index contributed by atoms with van der Waals surface area (Å²) < 4.78 is 31.3. The molecule has 1 aliphatic carbocycles. The Morgan fingerprint density at radius 3 is 2.55 bits per heavy atom.